The van der Waals surface area contributed by atoms with Crippen molar-refractivity contribution in [3.63, 3.8) is 0 Å². The largest absolute Gasteiger partial charge is 0.489 e. The molecular formula is C20H32FIN4O3. The molecule has 0 saturated carbocycles. The highest BCUT2D eigenvalue weighted by atomic mass is 127. The van der Waals surface area contributed by atoms with Gasteiger partial charge in [-0.2, -0.15) is 0 Å². The molecule has 1 heterocycles. The van der Waals surface area contributed by atoms with Crippen LogP contribution in [0.15, 0.2) is 29.3 Å². The number of aliphatic imine (C=N–C) groups is 1. The third-order valence-electron chi connectivity index (χ3n) is 4.44. The molecule has 2 rings (SSSR count). The zero-order valence-corrected chi connectivity index (χ0v) is 19.6. The van der Waals surface area contributed by atoms with Gasteiger partial charge in [-0.1, -0.05) is 13.0 Å². The minimum atomic E-state index is -0.331. The first-order valence-corrected chi connectivity index (χ1v) is 9.74. The van der Waals surface area contributed by atoms with Gasteiger partial charge in [-0.25, -0.2) is 9.38 Å². The number of amides is 1. The normalized spacial score (nSPS) is 17.2. The third kappa shape index (κ3) is 9.62. The molecule has 1 aromatic carbocycles. The van der Waals surface area contributed by atoms with Crippen molar-refractivity contribution in [1.29, 1.82) is 0 Å². The number of carbonyl (C=O) groups excluding carboxylic acids is 1. The number of rotatable bonds is 9. The zero-order chi connectivity index (χ0) is 20.4. The molecule has 29 heavy (non-hydrogen) atoms. The maximum Gasteiger partial charge on any atom is 0.243 e. The van der Waals surface area contributed by atoms with Gasteiger partial charge in [0.2, 0.25) is 5.91 Å². The maximum absolute atomic E-state index is 13.4. The molecule has 2 unspecified atom stereocenters. The molecule has 9 heteroatoms. The second kappa shape index (κ2) is 13.6. The molecule has 1 amide bonds. The molecule has 1 aliphatic rings. The van der Waals surface area contributed by atoms with E-state index in [1.54, 1.807) is 26.2 Å². The standard InChI is InChI=1S/C20H31FN4O3.HI/c1-4-16(28-17-8-5-7-15(21)11-17)12-22-20(24-14-19(26)25(2)3)23-13-18-9-6-10-27-18;/h5,7-8,11,16,18H,4,6,9-10,12-14H2,1-3H3,(H2,22,23,24);1H. The Bertz CT molecular complexity index is 654. The van der Waals surface area contributed by atoms with E-state index in [1.807, 2.05) is 6.92 Å². The summed E-state index contributed by atoms with van der Waals surface area (Å²) in [5.74, 6) is 0.610. The summed E-state index contributed by atoms with van der Waals surface area (Å²) in [6.45, 7) is 3.93. The van der Waals surface area contributed by atoms with Crippen molar-refractivity contribution in [2.75, 3.05) is 40.3 Å². The van der Waals surface area contributed by atoms with E-state index in [0.717, 1.165) is 25.9 Å². The van der Waals surface area contributed by atoms with E-state index in [4.69, 9.17) is 9.47 Å². The Hall–Kier alpha value is -1.62. The highest BCUT2D eigenvalue weighted by Crippen LogP contribution is 2.15. The van der Waals surface area contributed by atoms with Gasteiger partial charge in [0.05, 0.1) is 12.6 Å². The average Bonchev–Trinajstić information content (AvgIpc) is 3.19. The summed E-state index contributed by atoms with van der Waals surface area (Å²) in [6.07, 6.45) is 2.80. The van der Waals surface area contributed by atoms with Crippen molar-refractivity contribution in [2.24, 2.45) is 4.99 Å². The Morgan fingerprint density at radius 2 is 2.21 bits per heavy atom. The first-order valence-electron chi connectivity index (χ1n) is 9.74. The molecule has 1 aromatic rings. The number of halogens is 2. The lowest BCUT2D eigenvalue weighted by atomic mass is 10.2. The van der Waals surface area contributed by atoms with Gasteiger partial charge in [-0.15, -0.1) is 24.0 Å². The van der Waals surface area contributed by atoms with Crippen LogP contribution in [0.4, 0.5) is 4.39 Å². The lowest BCUT2D eigenvalue weighted by molar-refractivity contribution is -0.127. The van der Waals surface area contributed by atoms with Crippen molar-refractivity contribution >= 4 is 35.8 Å². The van der Waals surface area contributed by atoms with Gasteiger partial charge < -0.3 is 25.0 Å². The highest BCUT2D eigenvalue weighted by Gasteiger charge is 2.17. The van der Waals surface area contributed by atoms with Crippen LogP contribution in [0.25, 0.3) is 0 Å². The lowest BCUT2D eigenvalue weighted by Gasteiger charge is -2.21. The van der Waals surface area contributed by atoms with Gasteiger partial charge in [0.1, 0.15) is 24.2 Å². The fourth-order valence-electron chi connectivity index (χ4n) is 2.69. The molecule has 1 aliphatic heterocycles. The number of nitrogens with one attached hydrogen (secondary N) is 2. The van der Waals surface area contributed by atoms with Gasteiger partial charge in [0.25, 0.3) is 0 Å². The quantitative estimate of drug-likeness (QED) is 0.296. The second-order valence-electron chi connectivity index (χ2n) is 6.96. The predicted molar refractivity (Wildman–Crippen MR) is 122 cm³/mol. The Kier molecular flexibility index (Phi) is 11.9. The molecule has 7 nitrogen and oxygen atoms in total. The van der Waals surface area contributed by atoms with Crippen LogP contribution in [-0.4, -0.2) is 69.3 Å². The van der Waals surface area contributed by atoms with Gasteiger partial charge >= 0.3 is 0 Å². The maximum atomic E-state index is 13.4. The van der Waals surface area contributed by atoms with Crippen LogP contribution in [0.2, 0.25) is 0 Å². The number of likely N-dealkylation sites (N-methyl/N-ethyl adjacent to an activating group) is 1. The third-order valence-corrected chi connectivity index (χ3v) is 4.44. The Morgan fingerprint density at radius 3 is 2.83 bits per heavy atom. The first kappa shape index (κ1) is 25.4. The summed E-state index contributed by atoms with van der Waals surface area (Å²) < 4.78 is 24.8. The molecule has 0 aromatic heterocycles. The van der Waals surface area contributed by atoms with Crippen LogP contribution >= 0.6 is 24.0 Å². The highest BCUT2D eigenvalue weighted by molar-refractivity contribution is 14.0. The van der Waals surface area contributed by atoms with Gasteiger partial charge in [0.15, 0.2) is 5.96 Å². The van der Waals surface area contributed by atoms with Crippen LogP contribution < -0.4 is 15.4 Å². The zero-order valence-electron chi connectivity index (χ0n) is 17.3. The van der Waals surface area contributed by atoms with Crippen molar-refractivity contribution in [1.82, 2.24) is 15.5 Å². The van der Waals surface area contributed by atoms with E-state index in [1.165, 1.54) is 17.0 Å². The summed E-state index contributed by atoms with van der Waals surface area (Å²) in [5.41, 5.74) is 0. The molecule has 0 spiro atoms. The van der Waals surface area contributed by atoms with Crippen LogP contribution in [-0.2, 0) is 9.53 Å². The fraction of sp³-hybridized carbons (Fsp3) is 0.600. The molecule has 1 saturated heterocycles. The van der Waals surface area contributed by atoms with Crippen molar-refractivity contribution in [2.45, 2.75) is 38.4 Å². The van der Waals surface area contributed by atoms with E-state index >= 15 is 0 Å². The first-order chi connectivity index (χ1) is 13.5. The lowest BCUT2D eigenvalue weighted by Crippen LogP contribution is -2.45. The molecular weight excluding hydrogens is 490 g/mol. The summed E-state index contributed by atoms with van der Waals surface area (Å²) in [7, 11) is 3.40. The Labute approximate surface area is 189 Å². The van der Waals surface area contributed by atoms with E-state index < -0.39 is 0 Å². The van der Waals surface area contributed by atoms with Crippen molar-refractivity contribution < 1.29 is 18.7 Å². The Morgan fingerprint density at radius 1 is 1.41 bits per heavy atom. The van der Waals surface area contributed by atoms with Crippen LogP contribution in [0, 0.1) is 5.82 Å². The fourth-order valence-corrected chi connectivity index (χ4v) is 2.69. The van der Waals surface area contributed by atoms with Gasteiger partial charge in [-0.05, 0) is 31.4 Å². The molecule has 0 bridgehead atoms. The molecule has 2 atom stereocenters. The van der Waals surface area contributed by atoms with E-state index in [-0.39, 0.29) is 54.5 Å². The minimum absolute atomic E-state index is 0. The number of carbonyl (C=O) groups is 1. The van der Waals surface area contributed by atoms with Gasteiger partial charge in [0, 0.05) is 33.3 Å². The topological polar surface area (TPSA) is 75.2 Å². The monoisotopic (exact) mass is 522 g/mol. The second-order valence-corrected chi connectivity index (χ2v) is 6.96. The van der Waals surface area contributed by atoms with Crippen molar-refractivity contribution in [3.8, 4) is 5.75 Å². The molecule has 164 valence electrons. The summed E-state index contributed by atoms with van der Waals surface area (Å²) in [4.78, 5) is 17.7. The number of guanidine groups is 1. The number of benzene rings is 1. The van der Waals surface area contributed by atoms with E-state index in [2.05, 4.69) is 15.6 Å². The molecule has 1 fully saturated rings. The molecule has 2 N–H and O–H groups in total. The van der Waals surface area contributed by atoms with Crippen LogP contribution in [0.1, 0.15) is 26.2 Å². The Balaban J connectivity index is 0.00000420. The molecule has 0 radical (unpaired) electrons. The summed E-state index contributed by atoms with van der Waals surface area (Å²) >= 11 is 0. The number of hydrogen-bond donors (Lipinski definition) is 2. The molecule has 0 aliphatic carbocycles. The summed E-state index contributed by atoms with van der Waals surface area (Å²) in [5, 5.41) is 6.45. The predicted octanol–water partition coefficient (Wildman–Crippen LogP) is 2.40. The summed E-state index contributed by atoms with van der Waals surface area (Å²) in [6, 6.07) is 6.09. The van der Waals surface area contributed by atoms with Crippen LogP contribution in [0.5, 0.6) is 5.75 Å². The van der Waals surface area contributed by atoms with Crippen molar-refractivity contribution in [3.05, 3.63) is 30.1 Å². The minimum Gasteiger partial charge on any atom is -0.489 e. The van der Waals surface area contributed by atoms with Gasteiger partial charge in [-0.3, -0.25) is 4.79 Å². The van der Waals surface area contributed by atoms with E-state index in [0.29, 0.717) is 24.8 Å². The number of hydrogen-bond acceptors (Lipinski definition) is 4. The van der Waals surface area contributed by atoms with E-state index in [9.17, 15) is 9.18 Å². The SMILES string of the molecule is CCC(CNC(=NCC(=O)N(C)C)NCC1CCCO1)Oc1cccc(F)c1.I. The number of nitrogens with zero attached hydrogens (tertiary/aromatic N) is 2. The number of ether oxygens (including phenoxy) is 2. The smallest absolute Gasteiger partial charge is 0.243 e. The average molecular weight is 522 g/mol. The van der Waals surface area contributed by atoms with Crippen LogP contribution in [0.3, 0.4) is 0 Å².